The quantitative estimate of drug-likeness (QED) is 0.618. The van der Waals surface area contributed by atoms with Crippen molar-refractivity contribution in [2.45, 2.75) is 32.0 Å². The lowest BCUT2D eigenvalue weighted by molar-refractivity contribution is -0.141. The number of aliphatic hydroxyl groups excluding tert-OH is 1. The SMILES string of the molecule is CC(C)(F)[C@@H](O)CC(=O)O. The highest BCUT2D eigenvalue weighted by Crippen LogP contribution is 2.16. The number of carbonyl (C=O) groups is 1. The molecule has 0 saturated heterocycles. The van der Waals surface area contributed by atoms with Gasteiger partial charge in [-0.3, -0.25) is 4.79 Å². The predicted octanol–water partition coefficient (Wildman–Crippen LogP) is 0.570. The number of carboxylic acids is 1. The average molecular weight is 150 g/mol. The van der Waals surface area contributed by atoms with E-state index in [-0.39, 0.29) is 0 Å². The Bertz CT molecular complexity index is 127. The van der Waals surface area contributed by atoms with Crippen LogP contribution in [-0.4, -0.2) is 28.0 Å². The maximum absolute atomic E-state index is 12.6. The van der Waals surface area contributed by atoms with E-state index in [0.717, 1.165) is 13.8 Å². The van der Waals surface area contributed by atoms with Crippen LogP contribution in [0.15, 0.2) is 0 Å². The van der Waals surface area contributed by atoms with Gasteiger partial charge < -0.3 is 10.2 Å². The molecule has 3 nitrogen and oxygen atoms in total. The van der Waals surface area contributed by atoms with Gasteiger partial charge in [-0.1, -0.05) is 0 Å². The number of aliphatic carboxylic acids is 1. The first-order chi connectivity index (χ1) is 4.34. The van der Waals surface area contributed by atoms with Crippen molar-refractivity contribution in [2.24, 2.45) is 0 Å². The fourth-order valence-corrected chi connectivity index (χ4v) is 0.408. The molecule has 1 atom stereocenters. The first-order valence-electron chi connectivity index (χ1n) is 2.93. The largest absolute Gasteiger partial charge is 0.481 e. The summed E-state index contributed by atoms with van der Waals surface area (Å²) in [7, 11) is 0. The Labute approximate surface area is 58.5 Å². The number of hydrogen-bond acceptors (Lipinski definition) is 2. The Kier molecular flexibility index (Phi) is 2.77. The number of rotatable bonds is 3. The zero-order valence-electron chi connectivity index (χ0n) is 5.97. The fraction of sp³-hybridized carbons (Fsp3) is 0.833. The first kappa shape index (κ1) is 9.36. The maximum atomic E-state index is 12.6. The van der Waals surface area contributed by atoms with Gasteiger partial charge >= 0.3 is 5.97 Å². The lowest BCUT2D eigenvalue weighted by atomic mass is 10.0. The van der Waals surface area contributed by atoms with Crippen molar-refractivity contribution >= 4 is 5.97 Å². The molecule has 0 aromatic heterocycles. The van der Waals surface area contributed by atoms with Crippen molar-refractivity contribution < 1.29 is 19.4 Å². The molecule has 4 heteroatoms. The van der Waals surface area contributed by atoms with Gasteiger partial charge in [-0.15, -0.1) is 0 Å². The van der Waals surface area contributed by atoms with Crippen LogP contribution in [0.5, 0.6) is 0 Å². The summed E-state index contributed by atoms with van der Waals surface area (Å²) in [6.07, 6.45) is -1.98. The molecule has 0 aliphatic carbocycles. The van der Waals surface area contributed by atoms with E-state index in [4.69, 9.17) is 10.2 Å². The van der Waals surface area contributed by atoms with Crippen molar-refractivity contribution in [3.63, 3.8) is 0 Å². The Morgan fingerprint density at radius 3 is 2.20 bits per heavy atom. The Morgan fingerprint density at radius 2 is 2.10 bits per heavy atom. The fourth-order valence-electron chi connectivity index (χ4n) is 0.408. The van der Waals surface area contributed by atoms with Crippen LogP contribution in [0.1, 0.15) is 20.3 Å². The summed E-state index contributed by atoms with van der Waals surface area (Å²) in [4.78, 5) is 9.93. The molecule has 0 aromatic carbocycles. The van der Waals surface area contributed by atoms with Gasteiger partial charge in [-0.25, -0.2) is 4.39 Å². The van der Waals surface area contributed by atoms with Crippen LogP contribution in [0.25, 0.3) is 0 Å². The molecular formula is C6H11FO3. The second-order valence-electron chi connectivity index (χ2n) is 2.68. The van der Waals surface area contributed by atoms with Crippen molar-refractivity contribution in [3.05, 3.63) is 0 Å². The van der Waals surface area contributed by atoms with Crippen LogP contribution < -0.4 is 0 Å². The van der Waals surface area contributed by atoms with Crippen LogP contribution >= 0.6 is 0 Å². The summed E-state index contributed by atoms with van der Waals surface area (Å²) >= 11 is 0. The van der Waals surface area contributed by atoms with Gasteiger partial charge in [0.15, 0.2) is 0 Å². The number of hydrogen-bond donors (Lipinski definition) is 2. The molecular weight excluding hydrogens is 139 g/mol. The molecule has 0 radical (unpaired) electrons. The summed E-state index contributed by atoms with van der Waals surface area (Å²) in [5.41, 5.74) is -1.83. The third-order valence-corrected chi connectivity index (χ3v) is 1.16. The molecule has 0 spiro atoms. The smallest absolute Gasteiger partial charge is 0.306 e. The summed E-state index contributed by atoms with van der Waals surface area (Å²) in [6.45, 7) is 2.28. The van der Waals surface area contributed by atoms with E-state index in [2.05, 4.69) is 0 Å². The molecule has 0 unspecified atom stereocenters. The normalized spacial score (nSPS) is 14.8. The van der Waals surface area contributed by atoms with E-state index in [1.54, 1.807) is 0 Å². The lowest BCUT2D eigenvalue weighted by Gasteiger charge is -2.19. The highest BCUT2D eigenvalue weighted by molar-refractivity contribution is 5.67. The van der Waals surface area contributed by atoms with Gasteiger partial charge in [0, 0.05) is 0 Å². The van der Waals surface area contributed by atoms with Gasteiger partial charge in [0.25, 0.3) is 0 Å². The Hall–Kier alpha value is -0.640. The highest BCUT2D eigenvalue weighted by Gasteiger charge is 2.28. The first-order valence-corrected chi connectivity index (χ1v) is 2.93. The summed E-state index contributed by atoms with van der Waals surface area (Å²) in [5.74, 6) is -1.20. The molecule has 0 aromatic rings. The van der Waals surface area contributed by atoms with Gasteiger partial charge in [-0.05, 0) is 13.8 Å². The minimum Gasteiger partial charge on any atom is -0.481 e. The molecule has 0 bridgehead atoms. The molecule has 0 rings (SSSR count). The number of alkyl halides is 1. The van der Waals surface area contributed by atoms with Crippen molar-refractivity contribution in [3.8, 4) is 0 Å². The van der Waals surface area contributed by atoms with Crippen LogP contribution in [0.4, 0.5) is 4.39 Å². The van der Waals surface area contributed by atoms with E-state index in [1.165, 1.54) is 0 Å². The molecule has 0 aliphatic rings. The highest BCUT2D eigenvalue weighted by atomic mass is 19.1. The van der Waals surface area contributed by atoms with Crippen LogP contribution in [0.2, 0.25) is 0 Å². The van der Waals surface area contributed by atoms with Crippen LogP contribution in [0.3, 0.4) is 0 Å². The summed E-state index contributed by atoms with van der Waals surface area (Å²) < 4.78 is 12.6. The molecule has 0 amide bonds. The van der Waals surface area contributed by atoms with Gasteiger partial charge in [0.1, 0.15) is 5.67 Å². The zero-order valence-corrected chi connectivity index (χ0v) is 5.97. The topological polar surface area (TPSA) is 57.5 Å². The van der Waals surface area contributed by atoms with Crippen molar-refractivity contribution in [1.29, 1.82) is 0 Å². The molecule has 10 heavy (non-hydrogen) atoms. The lowest BCUT2D eigenvalue weighted by Crippen LogP contribution is -2.33. The van der Waals surface area contributed by atoms with Gasteiger partial charge in [0.05, 0.1) is 12.5 Å². The van der Waals surface area contributed by atoms with E-state index in [9.17, 15) is 9.18 Å². The van der Waals surface area contributed by atoms with E-state index in [1.807, 2.05) is 0 Å². The average Bonchev–Trinajstić information content (AvgIpc) is 1.60. The van der Waals surface area contributed by atoms with E-state index in [0.29, 0.717) is 0 Å². The maximum Gasteiger partial charge on any atom is 0.306 e. The van der Waals surface area contributed by atoms with Crippen LogP contribution in [-0.2, 0) is 4.79 Å². The minimum atomic E-state index is -1.83. The molecule has 0 saturated carbocycles. The molecule has 0 aliphatic heterocycles. The van der Waals surface area contributed by atoms with Crippen molar-refractivity contribution in [1.82, 2.24) is 0 Å². The summed E-state index contributed by atoms with van der Waals surface area (Å²) in [5, 5.41) is 16.9. The number of aliphatic hydroxyl groups is 1. The second-order valence-corrected chi connectivity index (χ2v) is 2.68. The van der Waals surface area contributed by atoms with Crippen molar-refractivity contribution in [2.75, 3.05) is 0 Å². The number of carboxylic acid groups (broad SMARTS) is 1. The monoisotopic (exact) mass is 150 g/mol. The van der Waals surface area contributed by atoms with Gasteiger partial charge in [-0.2, -0.15) is 0 Å². The van der Waals surface area contributed by atoms with E-state index < -0.39 is 24.2 Å². The minimum absolute atomic E-state index is 0.552. The third kappa shape index (κ3) is 3.40. The molecule has 60 valence electrons. The molecule has 0 heterocycles. The Morgan fingerprint density at radius 1 is 1.70 bits per heavy atom. The standard InChI is InChI=1S/C6H11FO3/c1-6(2,7)4(8)3-5(9)10/h4,8H,3H2,1-2H3,(H,9,10)/t4-/m0/s1. The Balaban J connectivity index is 3.85. The predicted molar refractivity (Wildman–Crippen MR) is 33.4 cm³/mol. The third-order valence-electron chi connectivity index (χ3n) is 1.16. The van der Waals surface area contributed by atoms with Gasteiger partial charge in [0.2, 0.25) is 0 Å². The second kappa shape index (κ2) is 2.96. The summed E-state index contributed by atoms with van der Waals surface area (Å²) in [6, 6.07) is 0. The number of halogens is 1. The zero-order chi connectivity index (χ0) is 8.36. The molecule has 2 N–H and O–H groups in total. The van der Waals surface area contributed by atoms with E-state index >= 15 is 0 Å². The van der Waals surface area contributed by atoms with Crippen LogP contribution in [0, 0.1) is 0 Å². The molecule has 0 fully saturated rings.